The molecule has 0 aliphatic heterocycles. The number of halogens is 1. The Kier molecular flexibility index (Phi) is 3.85. The third kappa shape index (κ3) is 2.43. The van der Waals surface area contributed by atoms with Crippen LogP contribution in [0.25, 0.3) is 0 Å². The molecule has 0 radical (unpaired) electrons. The molecule has 5 nitrogen and oxygen atoms in total. The molecule has 0 saturated heterocycles. The van der Waals surface area contributed by atoms with Gasteiger partial charge in [0.05, 0.1) is 12.8 Å². The molecule has 0 fully saturated rings. The highest BCUT2D eigenvalue weighted by Crippen LogP contribution is 2.24. The summed E-state index contributed by atoms with van der Waals surface area (Å²) in [5.41, 5.74) is 0. The first kappa shape index (κ1) is 11.9. The number of likely N-dealkylation sites (N-methyl/N-ethyl adjacent to an activating group) is 1. The van der Waals surface area contributed by atoms with E-state index < -0.39 is 10.0 Å². The van der Waals surface area contributed by atoms with Gasteiger partial charge in [-0.2, -0.15) is 4.31 Å². The van der Waals surface area contributed by atoms with Crippen molar-refractivity contribution in [3.63, 3.8) is 0 Å². The molecule has 8 heteroatoms. The second-order valence-electron chi connectivity index (χ2n) is 2.48. The molecular weight excluding hydrogens is 248 g/mol. The molecule has 80 valence electrons. The first-order valence-electron chi connectivity index (χ1n) is 3.67. The maximum atomic E-state index is 11.7. The molecule has 0 aromatic carbocycles. The van der Waals surface area contributed by atoms with Crippen LogP contribution in [-0.2, 0) is 10.0 Å². The summed E-state index contributed by atoms with van der Waals surface area (Å²) in [6, 6.07) is 0. The fraction of sp³-hybridized carbons (Fsp3) is 0.500. The standard InChI is InChI=1S/C6H9ClN2O3S2/c1-9(2-3-10)14(11,12)5-4-8-6(7)13-5/h4,10H,2-3H2,1H3. The summed E-state index contributed by atoms with van der Waals surface area (Å²) in [6.45, 7) is -0.167. The van der Waals surface area contributed by atoms with E-state index in [2.05, 4.69) is 4.98 Å². The van der Waals surface area contributed by atoms with Gasteiger partial charge in [-0.25, -0.2) is 13.4 Å². The van der Waals surface area contributed by atoms with Crippen molar-refractivity contribution in [2.24, 2.45) is 0 Å². The minimum atomic E-state index is -3.54. The van der Waals surface area contributed by atoms with E-state index in [1.54, 1.807) is 0 Å². The van der Waals surface area contributed by atoms with Crippen molar-refractivity contribution in [1.82, 2.24) is 9.29 Å². The molecule has 14 heavy (non-hydrogen) atoms. The van der Waals surface area contributed by atoms with Crippen LogP contribution in [0, 0.1) is 0 Å². The van der Waals surface area contributed by atoms with E-state index in [4.69, 9.17) is 16.7 Å². The van der Waals surface area contributed by atoms with Gasteiger partial charge in [0.1, 0.15) is 0 Å². The number of aliphatic hydroxyl groups excluding tert-OH is 1. The molecular formula is C6H9ClN2O3S2. The molecule has 0 atom stereocenters. The highest BCUT2D eigenvalue weighted by Gasteiger charge is 2.22. The molecule has 1 aromatic heterocycles. The second kappa shape index (κ2) is 4.54. The lowest BCUT2D eigenvalue weighted by atomic mass is 10.7. The van der Waals surface area contributed by atoms with Crippen LogP contribution in [0.1, 0.15) is 0 Å². The lowest BCUT2D eigenvalue weighted by molar-refractivity contribution is 0.266. The number of hydrogen-bond acceptors (Lipinski definition) is 5. The molecule has 1 rings (SSSR count). The third-order valence-electron chi connectivity index (χ3n) is 1.54. The van der Waals surface area contributed by atoms with Crippen LogP contribution in [0.3, 0.4) is 0 Å². The number of rotatable bonds is 4. The summed E-state index contributed by atoms with van der Waals surface area (Å²) in [7, 11) is -2.15. The van der Waals surface area contributed by atoms with E-state index in [1.807, 2.05) is 0 Å². The molecule has 1 heterocycles. The van der Waals surface area contributed by atoms with Crippen LogP contribution < -0.4 is 0 Å². The Morgan fingerprint density at radius 2 is 2.36 bits per heavy atom. The second-order valence-corrected chi connectivity index (χ2v) is 6.37. The Morgan fingerprint density at radius 1 is 1.71 bits per heavy atom. The largest absolute Gasteiger partial charge is 0.395 e. The van der Waals surface area contributed by atoms with Gasteiger partial charge in [0.2, 0.25) is 0 Å². The van der Waals surface area contributed by atoms with E-state index in [9.17, 15) is 8.42 Å². The molecule has 1 aromatic rings. The lowest BCUT2D eigenvalue weighted by Crippen LogP contribution is -2.29. The van der Waals surface area contributed by atoms with Crippen molar-refractivity contribution in [3.8, 4) is 0 Å². The minimum absolute atomic E-state index is 0.0534. The first-order chi connectivity index (χ1) is 6.48. The number of aromatic nitrogens is 1. The average Bonchev–Trinajstić information content (AvgIpc) is 2.52. The van der Waals surface area contributed by atoms with Gasteiger partial charge in [0.25, 0.3) is 10.0 Å². The van der Waals surface area contributed by atoms with Crippen molar-refractivity contribution in [2.45, 2.75) is 4.21 Å². The Hall–Kier alpha value is -0.210. The maximum absolute atomic E-state index is 11.7. The zero-order valence-corrected chi connectivity index (χ0v) is 9.73. The summed E-state index contributed by atoms with van der Waals surface area (Å²) < 4.78 is 24.6. The highest BCUT2D eigenvalue weighted by molar-refractivity contribution is 7.91. The summed E-state index contributed by atoms with van der Waals surface area (Å²) in [4.78, 5) is 3.64. The Bertz CT molecular complexity index is 403. The van der Waals surface area contributed by atoms with Crippen LogP contribution >= 0.6 is 22.9 Å². The molecule has 0 saturated carbocycles. The zero-order valence-electron chi connectivity index (χ0n) is 7.34. The summed E-state index contributed by atoms with van der Waals surface area (Å²) in [6.07, 6.45) is 1.20. The zero-order chi connectivity index (χ0) is 10.8. The predicted octanol–water partition coefficient (Wildman–Crippen LogP) is 0.409. The van der Waals surface area contributed by atoms with E-state index in [-0.39, 0.29) is 21.8 Å². The lowest BCUT2D eigenvalue weighted by Gasteiger charge is -2.13. The SMILES string of the molecule is CN(CCO)S(=O)(=O)c1cnc(Cl)s1. The minimum Gasteiger partial charge on any atom is -0.395 e. The normalized spacial score (nSPS) is 12.3. The summed E-state index contributed by atoms with van der Waals surface area (Å²) in [5.74, 6) is 0. The van der Waals surface area contributed by atoms with Gasteiger partial charge in [0.15, 0.2) is 8.68 Å². The predicted molar refractivity (Wildman–Crippen MR) is 54.0 cm³/mol. The van der Waals surface area contributed by atoms with E-state index in [0.717, 1.165) is 15.6 Å². The Morgan fingerprint density at radius 3 is 2.79 bits per heavy atom. The molecule has 0 amide bonds. The number of nitrogens with zero attached hydrogens (tertiary/aromatic N) is 2. The molecule has 0 unspecified atom stereocenters. The fourth-order valence-corrected chi connectivity index (χ4v) is 3.44. The van der Waals surface area contributed by atoms with Gasteiger partial charge in [-0.1, -0.05) is 22.9 Å². The van der Waals surface area contributed by atoms with Crippen molar-refractivity contribution in [1.29, 1.82) is 0 Å². The van der Waals surface area contributed by atoms with Gasteiger partial charge in [0, 0.05) is 13.6 Å². The molecule has 0 spiro atoms. The maximum Gasteiger partial charge on any atom is 0.254 e. The van der Waals surface area contributed by atoms with E-state index in [0.29, 0.717) is 0 Å². The van der Waals surface area contributed by atoms with Crippen molar-refractivity contribution < 1.29 is 13.5 Å². The molecule has 0 bridgehead atoms. The highest BCUT2D eigenvalue weighted by atomic mass is 35.5. The van der Waals surface area contributed by atoms with Crippen LogP contribution in [0.15, 0.2) is 10.4 Å². The van der Waals surface area contributed by atoms with Crippen LogP contribution in [0.5, 0.6) is 0 Å². The van der Waals surface area contributed by atoms with Gasteiger partial charge < -0.3 is 5.11 Å². The number of thiazole rings is 1. The van der Waals surface area contributed by atoms with E-state index >= 15 is 0 Å². The summed E-state index contributed by atoms with van der Waals surface area (Å²) >= 11 is 6.42. The van der Waals surface area contributed by atoms with Crippen LogP contribution in [-0.4, -0.2) is 43.0 Å². The van der Waals surface area contributed by atoms with Crippen LogP contribution in [0.2, 0.25) is 4.47 Å². The molecule has 1 N–H and O–H groups in total. The third-order valence-corrected chi connectivity index (χ3v) is 4.94. The van der Waals surface area contributed by atoms with Gasteiger partial charge in [-0.15, -0.1) is 0 Å². The van der Waals surface area contributed by atoms with Gasteiger partial charge in [-0.05, 0) is 0 Å². The van der Waals surface area contributed by atoms with Crippen molar-refractivity contribution >= 4 is 33.0 Å². The summed E-state index contributed by atoms with van der Waals surface area (Å²) in [5, 5.41) is 8.61. The number of sulfonamides is 1. The Balaban J connectivity index is 2.96. The number of aliphatic hydroxyl groups is 1. The average molecular weight is 257 g/mol. The van der Waals surface area contributed by atoms with Gasteiger partial charge in [-0.3, -0.25) is 0 Å². The van der Waals surface area contributed by atoms with Crippen LogP contribution in [0.4, 0.5) is 0 Å². The molecule has 0 aliphatic carbocycles. The number of hydrogen-bond donors (Lipinski definition) is 1. The van der Waals surface area contributed by atoms with Gasteiger partial charge >= 0.3 is 0 Å². The van der Waals surface area contributed by atoms with E-state index in [1.165, 1.54) is 13.2 Å². The monoisotopic (exact) mass is 256 g/mol. The topological polar surface area (TPSA) is 70.5 Å². The molecule has 0 aliphatic rings. The van der Waals surface area contributed by atoms with Crippen molar-refractivity contribution in [2.75, 3.05) is 20.2 Å². The first-order valence-corrected chi connectivity index (χ1v) is 6.30. The smallest absolute Gasteiger partial charge is 0.254 e. The quantitative estimate of drug-likeness (QED) is 0.847. The Labute approximate surface area is 91.0 Å². The van der Waals surface area contributed by atoms with Crippen molar-refractivity contribution in [3.05, 3.63) is 10.7 Å². The fourth-order valence-electron chi connectivity index (χ4n) is 0.773.